The van der Waals surface area contributed by atoms with Crippen molar-refractivity contribution in [1.82, 2.24) is 9.88 Å². The van der Waals surface area contributed by atoms with Gasteiger partial charge < -0.3 is 0 Å². The number of carbonyl (C=O) groups excluding carboxylic acids is 1. The van der Waals surface area contributed by atoms with Crippen molar-refractivity contribution in [2.45, 2.75) is 51.1 Å². The van der Waals surface area contributed by atoms with Gasteiger partial charge in [-0.05, 0) is 68.0 Å². The number of ketones is 1. The number of Topliss-reactive ketones (excluding diaryl/α,β-unsaturated/α-hetero) is 1. The lowest BCUT2D eigenvalue weighted by Crippen LogP contribution is -2.36. The van der Waals surface area contributed by atoms with E-state index in [2.05, 4.69) is 22.0 Å². The zero-order valence-electron chi connectivity index (χ0n) is 19.9. The highest BCUT2D eigenvalue weighted by molar-refractivity contribution is 6.16. The number of nitrogens with zero attached hydrogens (tertiary/aromatic N) is 3. The number of carbonyl (C=O) groups is 1. The van der Waals surface area contributed by atoms with E-state index >= 15 is 0 Å². The van der Waals surface area contributed by atoms with Crippen LogP contribution in [0.1, 0.15) is 76.3 Å². The largest absolute Gasteiger partial charge is 0.299 e. The van der Waals surface area contributed by atoms with Gasteiger partial charge in [0, 0.05) is 59.6 Å². The van der Waals surface area contributed by atoms with Crippen LogP contribution in [0.5, 0.6) is 0 Å². The van der Waals surface area contributed by atoms with Gasteiger partial charge in [0.1, 0.15) is 5.82 Å². The molecule has 178 valence electrons. The predicted molar refractivity (Wildman–Crippen MR) is 135 cm³/mol. The summed E-state index contributed by atoms with van der Waals surface area (Å²) in [6, 6.07) is 17.2. The number of halogens is 1. The van der Waals surface area contributed by atoms with Crippen LogP contribution in [-0.2, 0) is 13.1 Å². The molecule has 3 aromatic rings. The van der Waals surface area contributed by atoms with Gasteiger partial charge in [-0.3, -0.25) is 19.7 Å². The summed E-state index contributed by atoms with van der Waals surface area (Å²) < 4.78 is 14.1. The first-order valence-corrected chi connectivity index (χ1v) is 12.8. The SMILES string of the molecule is O=C(C[C@@H]1CCCN(Cc2ccccc2F)C1)c1ccc2c(c1)C(c1ccnc(C3CC3)c1)=NC2. The molecule has 2 aliphatic heterocycles. The first-order chi connectivity index (χ1) is 17.1. The minimum absolute atomic E-state index is 0.153. The standard InChI is InChI=1S/C30H30FN3O/c31-27-6-2-1-5-25(27)19-34-13-3-4-20(18-34)14-29(35)22-9-10-24-17-33-30(26(24)15-22)23-11-12-32-28(16-23)21-7-8-21/h1-2,5-6,9-12,15-16,20-21H,3-4,7-8,13-14,17-19H2/t20-/m0/s1. The van der Waals surface area contributed by atoms with Gasteiger partial charge in [-0.15, -0.1) is 0 Å². The molecule has 0 radical (unpaired) electrons. The van der Waals surface area contributed by atoms with Crippen molar-refractivity contribution in [1.29, 1.82) is 0 Å². The molecule has 3 aliphatic rings. The van der Waals surface area contributed by atoms with Gasteiger partial charge >= 0.3 is 0 Å². The Morgan fingerprint density at radius 3 is 2.80 bits per heavy atom. The van der Waals surface area contributed by atoms with Crippen LogP contribution >= 0.6 is 0 Å². The number of rotatable bonds is 7. The third-order valence-electron chi connectivity index (χ3n) is 7.57. The Kier molecular flexibility index (Phi) is 6.03. The minimum atomic E-state index is -0.153. The molecule has 6 rings (SSSR count). The second kappa shape index (κ2) is 9.46. The van der Waals surface area contributed by atoms with Crippen LogP contribution in [0, 0.1) is 11.7 Å². The highest BCUT2D eigenvalue weighted by atomic mass is 19.1. The van der Waals surface area contributed by atoms with Gasteiger partial charge in [0.2, 0.25) is 0 Å². The smallest absolute Gasteiger partial charge is 0.163 e. The van der Waals surface area contributed by atoms with Crippen LogP contribution in [-0.4, -0.2) is 34.5 Å². The van der Waals surface area contributed by atoms with Crippen molar-refractivity contribution in [3.63, 3.8) is 0 Å². The quantitative estimate of drug-likeness (QED) is 0.404. The lowest BCUT2D eigenvalue weighted by atomic mass is 9.89. The second-order valence-electron chi connectivity index (χ2n) is 10.2. The second-order valence-corrected chi connectivity index (χ2v) is 10.2. The van der Waals surface area contributed by atoms with Gasteiger partial charge in [-0.2, -0.15) is 0 Å². The van der Waals surface area contributed by atoms with E-state index in [0.717, 1.165) is 59.6 Å². The van der Waals surface area contributed by atoms with E-state index in [-0.39, 0.29) is 11.6 Å². The van der Waals surface area contributed by atoms with Crippen molar-refractivity contribution >= 4 is 11.5 Å². The Morgan fingerprint density at radius 1 is 1.06 bits per heavy atom. The third kappa shape index (κ3) is 4.83. The number of benzene rings is 2. The fourth-order valence-electron chi connectivity index (χ4n) is 5.51. The van der Waals surface area contributed by atoms with E-state index in [0.29, 0.717) is 31.3 Å². The summed E-state index contributed by atoms with van der Waals surface area (Å²) in [5.41, 5.74) is 6.98. The monoisotopic (exact) mass is 467 g/mol. The van der Waals surface area contributed by atoms with Crippen LogP contribution in [0.3, 0.4) is 0 Å². The molecular formula is C30H30FN3O. The summed E-state index contributed by atoms with van der Waals surface area (Å²) in [5, 5.41) is 0. The number of hydrogen-bond acceptors (Lipinski definition) is 4. The Balaban J connectivity index is 1.14. The third-order valence-corrected chi connectivity index (χ3v) is 7.57. The molecule has 0 amide bonds. The molecule has 2 aromatic carbocycles. The van der Waals surface area contributed by atoms with Crippen molar-refractivity contribution in [3.8, 4) is 0 Å². The van der Waals surface area contributed by atoms with E-state index in [1.54, 1.807) is 6.07 Å². The Morgan fingerprint density at radius 2 is 1.94 bits per heavy atom. The van der Waals surface area contributed by atoms with Crippen LogP contribution in [0.25, 0.3) is 0 Å². The Hall–Kier alpha value is -3.18. The molecule has 35 heavy (non-hydrogen) atoms. The van der Waals surface area contributed by atoms with E-state index in [9.17, 15) is 9.18 Å². The molecule has 1 atom stereocenters. The molecule has 3 heterocycles. The molecular weight excluding hydrogens is 437 g/mol. The number of likely N-dealkylation sites (tertiary alicyclic amines) is 1. The number of hydrogen-bond donors (Lipinski definition) is 0. The molecule has 0 spiro atoms. The maximum atomic E-state index is 14.1. The summed E-state index contributed by atoms with van der Waals surface area (Å²) in [4.78, 5) is 24.9. The molecule has 1 saturated heterocycles. The Labute approximate surface area is 205 Å². The lowest BCUT2D eigenvalue weighted by Gasteiger charge is -2.32. The van der Waals surface area contributed by atoms with E-state index in [4.69, 9.17) is 4.99 Å². The number of piperidine rings is 1. The van der Waals surface area contributed by atoms with Crippen LogP contribution < -0.4 is 0 Å². The van der Waals surface area contributed by atoms with Gasteiger partial charge in [-0.1, -0.05) is 30.3 Å². The molecule has 0 N–H and O–H groups in total. The number of aromatic nitrogens is 1. The van der Waals surface area contributed by atoms with Crippen LogP contribution in [0.2, 0.25) is 0 Å². The average molecular weight is 468 g/mol. The first kappa shape index (κ1) is 22.3. The summed E-state index contributed by atoms with van der Waals surface area (Å²) in [7, 11) is 0. The highest BCUT2D eigenvalue weighted by Gasteiger charge is 2.27. The maximum Gasteiger partial charge on any atom is 0.163 e. The zero-order chi connectivity index (χ0) is 23.8. The first-order valence-electron chi connectivity index (χ1n) is 12.8. The van der Waals surface area contributed by atoms with Gasteiger partial charge in [-0.25, -0.2) is 4.39 Å². The summed E-state index contributed by atoms with van der Waals surface area (Å²) >= 11 is 0. The summed E-state index contributed by atoms with van der Waals surface area (Å²) in [6.45, 7) is 3.05. The number of aliphatic imine (C=N–C) groups is 1. The summed E-state index contributed by atoms with van der Waals surface area (Å²) in [5.74, 6) is 0.924. The van der Waals surface area contributed by atoms with Crippen molar-refractivity contribution in [2.24, 2.45) is 10.9 Å². The van der Waals surface area contributed by atoms with Gasteiger partial charge in [0.25, 0.3) is 0 Å². The Bertz CT molecular complexity index is 1300. The molecule has 1 aliphatic carbocycles. The van der Waals surface area contributed by atoms with Crippen LogP contribution in [0.4, 0.5) is 4.39 Å². The fraction of sp³-hybridized carbons (Fsp3) is 0.367. The predicted octanol–water partition coefficient (Wildman–Crippen LogP) is 5.93. The van der Waals surface area contributed by atoms with Crippen molar-refractivity contribution < 1.29 is 9.18 Å². The van der Waals surface area contributed by atoms with E-state index in [1.807, 2.05) is 36.5 Å². The molecule has 1 saturated carbocycles. The van der Waals surface area contributed by atoms with Crippen molar-refractivity contribution in [3.05, 3.63) is 100 Å². The van der Waals surface area contributed by atoms with E-state index < -0.39 is 0 Å². The van der Waals surface area contributed by atoms with Crippen molar-refractivity contribution in [2.75, 3.05) is 13.1 Å². The zero-order valence-corrected chi connectivity index (χ0v) is 19.9. The average Bonchev–Trinajstić information content (AvgIpc) is 3.65. The maximum absolute atomic E-state index is 14.1. The number of fused-ring (bicyclic) bond motifs is 1. The molecule has 2 fully saturated rings. The highest BCUT2D eigenvalue weighted by Crippen LogP contribution is 2.39. The molecule has 0 bridgehead atoms. The fourth-order valence-corrected chi connectivity index (χ4v) is 5.51. The lowest BCUT2D eigenvalue weighted by molar-refractivity contribution is 0.0912. The molecule has 5 heteroatoms. The topological polar surface area (TPSA) is 45.6 Å². The summed E-state index contributed by atoms with van der Waals surface area (Å²) in [6.07, 6.45) is 6.93. The van der Waals surface area contributed by atoms with Gasteiger partial charge in [0.15, 0.2) is 5.78 Å². The van der Waals surface area contributed by atoms with E-state index in [1.165, 1.54) is 24.5 Å². The molecule has 4 nitrogen and oxygen atoms in total. The molecule has 1 aromatic heterocycles. The number of pyridine rings is 1. The molecule has 0 unspecified atom stereocenters. The normalized spacial score (nSPS) is 19.9. The van der Waals surface area contributed by atoms with Crippen LogP contribution in [0.15, 0.2) is 65.8 Å². The minimum Gasteiger partial charge on any atom is -0.299 e. The van der Waals surface area contributed by atoms with Gasteiger partial charge in [0.05, 0.1) is 12.3 Å².